The van der Waals surface area contributed by atoms with E-state index in [9.17, 15) is 9.59 Å². The van der Waals surface area contributed by atoms with E-state index in [0.29, 0.717) is 36.8 Å². The lowest BCUT2D eigenvalue weighted by atomic mass is 10.2. The number of fused-ring (bicyclic) bond motifs is 1. The first-order chi connectivity index (χ1) is 14.4. The molecule has 2 heterocycles. The Kier molecular flexibility index (Phi) is 6.15. The second kappa shape index (κ2) is 8.81. The van der Waals surface area contributed by atoms with Crippen molar-refractivity contribution >= 4 is 68.1 Å². The molecule has 152 valence electrons. The molecule has 0 aliphatic rings. The highest BCUT2D eigenvalue weighted by molar-refractivity contribution is 7.99. The highest BCUT2D eigenvalue weighted by Gasteiger charge is 2.16. The molecule has 0 aliphatic heterocycles. The molecule has 9 heteroatoms. The average Bonchev–Trinajstić information content (AvgIpc) is 3.19. The summed E-state index contributed by atoms with van der Waals surface area (Å²) in [6, 6.07) is 14.1. The zero-order valence-corrected chi connectivity index (χ0v) is 18.8. The molecule has 5 nitrogen and oxygen atoms in total. The molecule has 0 radical (unpaired) electrons. The number of thiophene rings is 1. The highest BCUT2D eigenvalue weighted by atomic mass is 35.5. The van der Waals surface area contributed by atoms with Gasteiger partial charge in [0.2, 0.25) is 5.91 Å². The lowest BCUT2D eigenvalue weighted by Gasteiger charge is -2.12. The van der Waals surface area contributed by atoms with Crippen molar-refractivity contribution in [2.75, 3.05) is 11.1 Å². The average molecular weight is 476 g/mol. The molecule has 2 aromatic heterocycles. The molecule has 0 unspecified atom stereocenters. The molecule has 4 rings (SSSR count). The van der Waals surface area contributed by atoms with Gasteiger partial charge in [-0.3, -0.25) is 14.2 Å². The monoisotopic (exact) mass is 475 g/mol. The Morgan fingerprint density at radius 1 is 1.17 bits per heavy atom. The normalized spacial score (nSPS) is 11.0. The summed E-state index contributed by atoms with van der Waals surface area (Å²) in [6.07, 6.45) is 0. The maximum atomic E-state index is 13.1. The molecule has 0 fully saturated rings. The molecular weight excluding hydrogens is 461 g/mol. The fraction of sp³-hybridized carbons (Fsp3) is 0.0952. The Balaban J connectivity index is 1.62. The second-order valence-electron chi connectivity index (χ2n) is 6.45. The van der Waals surface area contributed by atoms with E-state index >= 15 is 0 Å². The van der Waals surface area contributed by atoms with E-state index in [1.54, 1.807) is 42.5 Å². The predicted molar refractivity (Wildman–Crippen MR) is 126 cm³/mol. The molecule has 30 heavy (non-hydrogen) atoms. The molecule has 1 N–H and O–H groups in total. The number of hydrogen-bond donors (Lipinski definition) is 1. The number of hydrogen-bond acceptors (Lipinski definition) is 5. The number of nitrogens with zero attached hydrogens (tertiary/aromatic N) is 2. The fourth-order valence-electron chi connectivity index (χ4n) is 2.80. The summed E-state index contributed by atoms with van der Waals surface area (Å²) in [5.41, 5.74) is 2.63. The molecule has 0 bridgehead atoms. The Hall–Kier alpha value is -2.32. The van der Waals surface area contributed by atoms with Crippen molar-refractivity contribution in [2.45, 2.75) is 12.1 Å². The summed E-state index contributed by atoms with van der Waals surface area (Å²) in [6.45, 7) is 1.89. The van der Waals surface area contributed by atoms with E-state index in [0.717, 1.165) is 5.56 Å². The van der Waals surface area contributed by atoms with Crippen molar-refractivity contribution in [3.63, 3.8) is 0 Å². The third-order valence-corrected chi connectivity index (χ3v) is 6.81. The van der Waals surface area contributed by atoms with Crippen LogP contribution in [0.5, 0.6) is 0 Å². The summed E-state index contributed by atoms with van der Waals surface area (Å²) in [5.74, 6) is -0.136. The number of halogens is 2. The predicted octanol–water partition coefficient (Wildman–Crippen LogP) is 5.79. The Bertz CT molecular complexity index is 1300. The molecule has 0 saturated heterocycles. The van der Waals surface area contributed by atoms with E-state index in [4.69, 9.17) is 23.2 Å². The quantitative estimate of drug-likeness (QED) is 0.292. The molecule has 1 amide bonds. The smallest absolute Gasteiger partial charge is 0.276 e. The zero-order valence-electron chi connectivity index (χ0n) is 15.7. The van der Waals surface area contributed by atoms with Gasteiger partial charge in [-0.2, -0.15) is 0 Å². The SMILES string of the molecule is Cc1ccc(NC(=O)CSc2nc3ccsc3c(=O)n2-c2ccc(Cl)cc2)cc1Cl. The Morgan fingerprint density at radius 3 is 2.67 bits per heavy atom. The van der Waals surface area contributed by atoms with Gasteiger partial charge in [-0.05, 0) is 60.3 Å². The molecule has 0 atom stereocenters. The number of nitrogens with one attached hydrogen (secondary N) is 1. The molecular formula is C21H15Cl2N3O2S2. The zero-order chi connectivity index (χ0) is 21.3. The maximum Gasteiger partial charge on any atom is 0.276 e. The van der Waals surface area contributed by atoms with E-state index < -0.39 is 0 Å². The molecule has 4 aromatic rings. The summed E-state index contributed by atoms with van der Waals surface area (Å²) in [4.78, 5) is 30.1. The first-order valence-corrected chi connectivity index (χ1v) is 11.5. The minimum absolute atomic E-state index is 0.0845. The van der Waals surface area contributed by atoms with Crippen molar-refractivity contribution in [1.82, 2.24) is 9.55 Å². The van der Waals surface area contributed by atoms with Crippen LogP contribution in [0.1, 0.15) is 5.56 Å². The minimum atomic E-state index is -0.220. The number of amides is 1. The van der Waals surface area contributed by atoms with E-state index in [1.165, 1.54) is 27.7 Å². The van der Waals surface area contributed by atoms with E-state index in [1.807, 2.05) is 18.4 Å². The van der Waals surface area contributed by atoms with Crippen molar-refractivity contribution in [1.29, 1.82) is 0 Å². The van der Waals surface area contributed by atoms with Gasteiger partial charge >= 0.3 is 0 Å². The summed E-state index contributed by atoms with van der Waals surface area (Å²) >= 11 is 14.6. The number of thioether (sulfide) groups is 1. The number of carbonyl (C=O) groups is 1. The van der Waals surface area contributed by atoms with Gasteiger partial charge in [0.25, 0.3) is 5.56 Å². The van der Waals surface area contributed by atoms with Crippen LogP contribution in [0.2, 0.25) is 10.0 Å². The number of carbonyl (C=O) groups excluding carboxylic acids is 1. The summed E-state index contributed by atoms with van der Waals surface area (Å²) < 4.78 is 2.07. The molecule has 2 aromatic carbocycles. The van der Waals surface area contributed by atoms with Gasteiger partial charge in [-0.25, -0.2) is 4.98 Å². The number of aromatic nitrogens is 2. The van der Waals surface area contributed by atoms with Crippen LogP contribution in [0.4, 0.5) is 5.69 Å². The highest BCUT2D eigenvalue weighted by Crippen LogP contribution is 2.25. The fourth-order valence-corrected chi connectivity index (χ4v) is 4.68. The number of rotatable bonds is 5. The summed E-state index contributed by atoms with van der Waals surface area (Å²) in [5, 5.41) is 6.24. The van der Waals surface area contributed by atoms with Gasteiger partial charge < -0.3 is 5.32 Å². The van der Waals surface area contributed by atoms with Crippen LogP contribution in [-0.4, -0.2) is 21.2 Å². The van der Waals surface area contributed by atoms with Gasteiger partial charge in [0.1, 0.15) is 4.70 Å². The maximum absolute atomic E-state index is 13.1. The first-order valence-electron chi connectivity index (χ1n) is 8.87. The topological polar surface area (TPSA) is 64.0 Å². The van der Waals surface area contributed by atoms with Gasteiger partial charge in [-0.15, -0.1) is 11.3 Å². The Morgan fingerprint density at radius 2 is 1.93 bits per heavy atom. The third-order valence-electron chi connectivity index (χ3n) is 4.32. The number of anilines is 1. The van der Waals surface area contributed by atoms with Crippen LogP contribution >= 0.6 is 46.3 Å². The number of benzene rings is 2. The van der Waals surface area contributed by atoms with E-state index in [-0.39, 0.29) is 17.2 Å². The van der Waals surface area contributed by atoms with Crippen molar-refractivity contribution in [3.05, 3.63) is 79.9 Å². The second-order valence-corrected chi connectivity index (χ2v) is 9.15. The van der Waals surface area contributed by atoms with Crippen molar-refractivity contribution in [2.24, 2.45) is 0 Å². The third kappa shape index (κ3) is 4.39. The minimum Gasteiger partial charge on any atom is -0.325 e. The lowest BCUT2D eigenvalue weighted by molar-refractivity contribution is -0.113. The van der Waals surface area contributed by atoms with Gasteiger partial charge in [0.15, 0.2) is 5.16 Å². The molecule has 0 spiro atoms. The first kappa shape index (κ1) is 20.9. The van der Waals surface area contributed by atoms with Crippen LogP contribution in [0, 0.1) is 6.92 Å². The van der Waals surface area contributed by atoms with Gasteiger partial charge in [0, 0.05) is 15.7 Å². The van der Waals surface area contributed by atoms with E-state index in [2.05, 4.69) is 10.3 Å². The van der Waals surface area contributed by atoms with Crippen LogP contribution in [-0.2, 0) is 4.79 Å². The summed E-state index contributed by atoms with van der Waals surface area (Å²) in [7, 11) is 0. The molecule has 0 aliphatic carbocycles. The van der Waals surface area contributed by atoms with Crippen LogP contribution in [0.25, 0.3) is 15.9 Å². The Labute approximate surface area is 190 Å². The standard InChI is InChI=1S/C21H15Cl2N3O2S2/c1-12-2-5-14(10-16(12)23)24-18(27)11-30-21-25-17-8-9-29-19(17)20(28)26(21)15-6-3-13(22)4-7-15/h2-10H,11H2,1H3,(H,24,27). The largest absolute Gasteiger partial charge is 0.325 e. The van der Waals surface area contributed by atoms with Gasteiger partial charge in [-0.1, -0.05) is 41.0 Å². The lowest BCUT2D eigenvalue weighted by Crippen LogP contribution is -2.22. The van der Waals surface area contributed by atoms with Crippen LogP contribution in [0.3, 0.4) is 0 Å². The molecule has 0 saturated carbocycles. The number of aryl methyl sites for hydroxylation is 1. The van der Waals surface area contributed by atoms with Gasteiger partial charge in [0.05, 0.1) is 17.0 Å². The van der Waals surface area contributed by atoms with Crippen molar-refractivity contribution in [3.8, 4) is 5.69 Å². The van der Waals surface area contributed by atoms with Crippen LogP contribution in [0.15, 0.2) is 63.9 Å². The van der Waals surface area contributed by atoms with Crippen molar-refractivity contribution < 1.29 is 4.79 Å². The van der Waals surface area contributed by atoms with Crippen LogP contribution < -0.4 is 10.9 Å².